The number of cyclic esters (lactones) is 1. The number of hydrogen-bond acceptors (Lipinski definition) is 8. The van der Waals surface area contributed by atoms with Crippen LogP contribution < -0.4 is 36.1 Å². The average molecular weight is 450 g/mol. The third kappa shape index (κ3) is 3.13. The van der Waals surface area contributed by atoms with Gasteiger partial charge in [0.25, 0.3) is 0 Å². The number of benzene rings is 2. The Morgan fingerprint density at radius 1 is 0.903 bits per heavy atom. The Hall–Kier alpha value is -2.84. The van der Waals surface area contributed by atoms with Crippen molar-refractivity contribution in [1.82, 2.24) is 0 Å². The van der Waals surface area contributed by atoms with Crippen LogP contribution in [0.2, 0.25) is 0 Å². The van der Waals surface area contributed by atoms with Gasteiger partial charge in [-0.25, -0.2) is 0 Å². The Morgan fingerprint density at radius 3 is 2.10 bits per heavy atom. The van der Waals surface area contributed by atoms with Crippen LogP contribution >= 0.6 is 0 Å². The Labute approximate surface area is 185 Å². The van der Waals surface area contributed by atoms with E-state index in [-0.39, 0.29) is 43.6 Å². The van der Waals surface area contributed by atoms with Crippen LogP contribution in [0.3, 0.4) is 0 Å². The van der Waals surface area contributed by atoms with Crippen LogP contribution in [0.4, 0.5) is 0 Å². The van der Waals surface area contributed by atoms with Crippen molar-refractivity contribution >= 4 is 5.97 Å². The van der Waals surface area contributed by atoms with Crippen molar-refractivity contribution in [3.05, 3.63) is 41.0 Å². The Balaban J connectivity index is 0.00000231. The molecule has 0 radical (unpaired) electrons. The number of halogens is 1. The van der Waals surface area contributed by atoms with E-state index in [1.165, 1.54) is 7.11 Å². The minimum atomic E-state index is -0.843. The molecule has 3 aliphatic rings. The van der Waals surface area contributed by atoms with Gasteiger partial charge in [-0.1, -0.05) is 0 Å². The molecule has 4 atom stereocenters. The topological polar surface area (TPSA) is 92.7 Å². The molecule has 0 amide bonds. The molecule has 2 aromatic carbocycles. The van der Waals surface area contributed by atoms with Gasteiger partial charge in [-0.05, 0) is 41.0 Å². The van der Waals surface area contributed by atoms with Gasteiger partial charge < -0.3 is 45.9 Å². The summed E-state index contributed by atoms with van der Waals surface area (Å²) in [6.45, 7) is 0.289. The number of ether oxygens (including phenoxy) is 6. The number of aliphatic hydroxyl groups is 1. The number of hydrogen-bond donors (Lipinski definition) is 1. The number of esters is 1. The molecule has 9 heteroatoms. The predicted octanol–water partition coefficient (Wildman–Crippen LogP) is -0.587. The third-order valence-electron chi connectivity index (χ3n) is 6.19. The first kappa shape index (κ1) is 21.4. The zero-order chi connectivity index (χ0) is 21.0. The molecule has 31 heavy (non-hydrogen) atoms. The number of fused-ring (bicyclic) bond motifs is 3. The molecule has 8 nitrogen and oxygen atoms in total. The summed E-state index contributed by atoms with van der Waals surface area (Å²) in [7, 11) is 4.63. The number of rotatable bonds is 4. The summed E-state index contributed by atoms with van der Waals surface area (Å²) in [6.07, 6.45) is -0.843. The van der Waals surface area contributed by atoms with Crippen molar-refractivity contribution in [2.45, 2.75) is 12.0 Å². The van der Waals surface area contributed by atoms with E-state index in [9.17, 15) is 9.90 Å². The molecule has 2 aromatic rings. The van der Waals surface area contributed by atoms with Gasteiger partial charge in [0.1, 0.15) is 0 Å². The number of methoxy groups -OCH3 is 3. The van der Waals surface area contributed by atoms with E-state index >= 15 is 0 Å². The van der Waals surface area contributed by atoms with Gasteiger partial charge in [-0.15, -0.1) is 0 Å². The monoisotopic (exact) mass is 449 g/mol. The fourth-order valence-corrected chi connectivity index (χ4v) is 4.81. The molecule has 2 heterocycles. The highest BCUT2D eigenvalue weighted by molar-refractivity contribution is 5.79. The van der Waals surface area contributed by atoms with E-state index in [1.54, 1.807) is 20.3 Å². The van der Waals surface area contributed by atoms with E-state index in [0.717, 1.165) is 11.1 Å². The van der Waals surface area contributed by atoms with Gasteiger partial charge in [0, 0.05) is 11.8 Å². The highest BCUT2D eigenvalue weighted by Gasteiger charge is 2.52. The third-order valence-corrected chi connectivity index (χ3v) is 6.19. The molecule has 5 rings (SSSR count). The first-order valence-electron chi connectivity index (χ1n) is 9.65. The molecule has 2 aliphatic heterocycles. The van der Waals surface area contributed by atoms with Crippen molar-refractivity contribution in [3.63, 3.8) is 0 Å². The predicted molar refractivity (Wildman–Crippen MR) is 103 cm³/mol. The number of aliphatic hydroxyl groups excluding tert-OH is 1. The van der Waals surface area contributed by atoms with Crippen LogP contribution in [-0.4, -0.2) is 45.8 Å². The lowest BCUT2D eigenvalue weighted by Crippen LogP contribution is -3.00. The molecule has 1 fully saturated rings. The molecular formula is C22H22ClO8-. The van der Waals surface area contributed by atoms with Crippen molar-refractivity contribution in [2.75, 3.05) is 34.7 Å². The van der Waals surface area contributed by atoms with Crippen molar-refractivity contribution < 1.29 is 50.7 Å². The van der Waals surface area contributed by atoms with Gasteiger partial charge in [0.15, 0.2) is 23.0 Å². The average Bonchev–Trinajstić information content (AvgIpc) is 3.38. The molecule has 0 bridgehead atoms. The highest BCUT2D eigenvalue weighted by atomic mass is 35.5. The first-order valence-corrected chi connectivity index (χ1v) is 9.65. The lowest BCUT2D eigenvalue weighted by atomic mass is 9.66. The van der Waals surface area contributed by atoms with E-state index in [0.29, 0.717) is 34.3 Å². The zero-order valence-electron chi connectivity index (χ0n) is 17.2. The molecule has 166 valence electrons. The van der Waals surface area contributed by atoms with E-state index in [2.05, 4.69) is 0 Å². The molecule has 0 spiro atoms. The van der Waals surface area contributed by atoms with Crippen LogP contribution in [0.15, 0.2) is 24.3 Å². The normalized spacial score (nSPS) is 25.1. The minimum Gasteiger partial charge on any atom is -1.00 e. The summed E-state index contributed by atoms with van der Waals surface area (Å²) in [6, 6.07) is 7.31. The maximum atomic E-state index is 12.7. The second-order valence-corrected chi connectivity index (χ2v) is 7.54. The summed E-state index contributed by atoms with van der Waals surface area (Å²) >= 11 is 0. The van der Waals surface area contributed by atoms with E-state index in [1.807, 2.05) is 18.2 Å². The fraction of sp³-hybridized carbons (Fsp3) is 0.409. The van der Waals surface area contributed by atoms with E-state index < -0.39 is 12.0 Å². The maximum Gasteiger partial charge on any atom is 0.310 e. The summed E-state index contributed by atoms with van der Waals surface area (Å²) in [5.41, 5.74) is 2.30. The van der Waals surface area contributed by atoms with E-state index in [4.69, 9.17) is 28.4 Å². The number of carbonyl (C=O) groups is 1. The largest absolute Gasteiger partial charge is 1.00 e. The second-order valence-electron chi connectivity index (χ2n) is 7.54. The molecule has 1 aliphatic carbocycles. The summed E-state index contributed by atoms with van der Waals surface area (Å²) in [5, 5.41) is 11.0. The SMILES string of the molecule is COc1cc([C@@H]2c3cc4c(cc3[C@H](O)[C@H]3COC(=O)[C@H]23)OCO4)cc(OC)c1OC.[Cl-]. The molecular weight excluding hydrogens is 428 g/mol. The molecule has 0 unspecified atom stereocenters. The summed E-state index contributed by atoms with van der Waals surface area (Å²) < 4.78 is 32.9. The van der Waals surface area contributed by atoms with Gasteiger partial charge >= 0.3 is 5.97 Å². The smallest absolute Gasteiger partial charge is 0.310 e. The van der Waals surface area contributed by atoms with Gasteiger partial charge in [-0.2, -0.15) is 0 Å². The zero-order valence-corrected chi connectivity index (χ0v) is 18.0. The van der Waals surface area contributed by atoms with Crippen LogP contribution in [-0.2, 0) is 9.53 Å². The molecule has 0 saturated carbocycles. The lowest BCUT2D eigenvalue weighted by molar-refractivity contribution is -0.141. The van der Waals surface area contributed by atoms with Crippen LogP contribution in [0.1, 0.15) is 28.7 Å². The minimum absolute atomic E-state index is 0. The number of carbonyl (C=O) groups excluding carboxylic acids is 1. The first-order chi connectivity index (χ1) is 14.6. The molecule has 1 N–H and O–H groups in total. The summed E-state index contributed by atoms with van der Waals surface area (Å²) in [4.78, 5) is 12.7. The maximum absolute atomic E-state index is 12.7. The van der Waals surface area contributed by atoms with Crippen molar-refractivity contribution in [3.8, 4) is 28.7 Å². The van der Waals surface area contributed by atoms with Crippen molar-refractivity contribution in [2.24, 2.45) is 11.8 Å². The Morgan fingerprint density at radius 2 is 1.52 bits per heavy atom. The lowest BCUT2D eigenvalue weighted by Gasteiger charge is -2.37. The molecule has 0 aromatic heterocycles. The van der Waals surface area contributed by atoms with Gasteiger partial charge in [0.05, 0.1) is 40.0 Å². The molecule has 1 saturated heterocycles. The van der Waals surface area contributed by atoms with Crippen LogP contribution in [0, 0.1) is 11.8 Å². The Kier molecular flexibility index (Phi) is 5.53. The second kappa shape index (κ2) is 8.01. The van der Waals surface area contributed by atoms with Gasteiger partial charge in [-0.3, -0.25) is 4.79 Å². The van der Waals surface area contributed by atoms with Crippen LogP contribution in [0.5, 0.6) is 28.7 Å². The standard InChI is InChI=1S/C22H22O8.ClH/c1-25-16-4-10(5-17(26-2)21(16)27-3)18-11-6-14-15(30-9-29-14)7-12(11)20(23)13-8-28-22(24)19(13)18;/h4-7,13,18-20,23H,8-9H2,1-3H3;1H/p-1/t13-,18+,19-,20-;/m0./s1. The fourth-order valence-electron chi connectivity index (χ4n) is 4.81. The van der Waals surface area contributed by atoms with Gasteiger partial charge in [0.2, 0.25) is 12.5 Å². The summed E-state index contributed by atoms with van der Waals surface area (Å²) in [5.74, 6) is 0.989. The van der Waals surface area contributed by atoms with Crippen LogP contribution in [0.25, 0.3) is 0 Å². The highest BCUT2D eigenvalue weighted by Crippen LogP contribution is 2.55. The van der Waals surface area contributed by atoms with Crippen molar-refractivity contribution in [1.29, 1.82) is 0 Å². The Bertz CT molecular complexity index is 998. The quantitative estimate of drug-likeness (QED) is 0.619.